The van der Waals surface area contributed by atoms with E-state index in [2.05, 4.69) is 5.10 Å². The van der Waals surface area contributed by atoms with Gasteiger partial charge in [-0.25, -0.2) is 4.79 Å². The van der Waals surface area contributed by atoms with Crippen molar-refractivity contribution in [3.8, 4) is 0 Å². The number of hydrogen-bond acceptors (Lipinski definition) is 3. The quantitative estimate of drug-likeness (QED) is 0.731. The van der Waals surface area contributed by atoms with E-state index in [0.717, 1.165) is 0 Å². The second-order valence-electron chi connectivity index (χ2n) is 3.39. The van der Waals surface area contributed by atoms with Crippen LogP contribution < -0.4 is 0 Å². The van der Waals surface area contributed by atoms with E-state index in [1.807, 2.05) is 0 Å². The highest BCUT2D eigenvalue weighted by Gasteiger charge is 2.22. The Morgan fingerprint density at radius 3 is 2.50 bits per heavy atom. The second kappa shape index (κ2) is 3.61. The molecule has 0 aromatic carbocycles. The summed E-state index contributed by atoms with van der Waals surface area (Å²) in [5.74, 6) is -1.59. The van der Waals surface area contributed by atoms with Crippen LogP contribution in [-0.2, 0) is 7.05 Å². The molecular formula is C9H12N2O3. The van der Waals surface area contributed by atoms with Crippen LogP contribution in [-0.4, -0.2) is 26.6 Å². The summed E-state index contributed by atoms with van der Waals surface area (Å²) in [6, 6.07) is 0. The molecule has 0 aliphatic rings. The minimum Gasteiger partial charge on any atom is -0.476 e. The number of aryl methyl sites for hydroxylation is 1. The monoisotopic (exact) mass is 196 g/mol. The second-order valence-corrected chi connectivity index (χ2v) is 3.39. The van der Waals surface area contributed by atoms with E-state index in [4.69, 9.17) is 5.11 Å². The highest BCUT2D eigenvalue weighted by Crippen LogP contribution is 2.12. The maximum Gasteiger partial charge on any atom is 0.357 e. The van der Waals surface area contributed by atoms with Crippen molar-refractivity contribution in [2.24, 2.45) is 13.0 Å². The van der Waals surface area contributed by atoms with Gasteiger partial charge in [0.05, 0.1) is 5.56 Å². The molecule has 0 amide bonds. The Hall–Kier alpha value is -1.65. The molecule has 0 aliphatic carbocycles. The fraction of sp³-hybridized carbons (Fsp3) is 0.444. The number of rotatable bonds is 3. The molecule has 0 aliphatic heterocycles. The molecule has 0 unspecified atom stereocenters. The van der Waals surface area contributed by atoms with Crippen molar-refractivity contribution in [2.75, 3.05) is 0 Å². The Balaban J connectivity index is 3.20. The molecule has 1 rings (SSSR count). The van der Waals surface area contributed by atoms with Crippen LogP contribution in [0.15, 0.2) is 6.20 Å². The predicted molar refractivity (Wildman–Crippen MR) is 49.3 cm³/mol. The van der Waals surface area contributed by atoms with Crippen molar-refractivity contribution in [1.82, 2.24) is 9.78 Å². The van der Waals surface area contributed by atoms with Crippen molar-refractivity contribution in [1.29, 1.82) is 0 Å². The summed E-state index contributed by atoms with van der Waals surface area (Å²) in [5, 5.41) is 12.5. The number of hydrogen-bond donors (Lipinski definition) is 1. The molecule has 5 heteroatoms. The van der Waals surface area contributed by atoms with Gasteiger partial charge in [-0.3, -0.25) is 9.48 Å². The number of carboxylic acids is 1. The average molecular weight is 196 g/mol. The number of aromatic nitrogens is 2. The Labute approximate surface area is 81.3 Å². The minimum atomic E-state index is -1.17. The molecule has 14 heavy (non-hydrogen) atoms. The van der Waals surface area contributed by atoms with Gasteiger partial charge in [0.25, 0.3) is 0 Å². The minimum absolute atomic E-state index is 0.175. The molecule has 1 aromatic heterocycles. The lowest BCUT2D eigenvalue weighted by molar-refractivity contribution is 0.0684. The number of carbonyl (C=O) groups is 2. The zero-order valence-electron chi connectivity index (χ0n) is 8.31. The van der Waals surface area contributed by atoms with Crippen LogP contribution in [0.3, 0.4) is 0 Å². The molecule has 1 heterocycles. The van der Waals surface area contributed by atoms with Gasteiger partial charge in [-0.2, -0.15) is 5.10 Å². The third-order valence-electron chi connectivity index (χ3n) is 1.82. The molecule has 1 N–H and O–H groups in total. The van der Waals surface area contributed by atoms with E-state index in [0.29, 0.717) is 0 Å². The number of nitrogens with zero attached hydrogens (tertiary/aromatic N) is 2. The van der Waals surface area contributed by atoms with Crippen LogP contribution in [0, 0.1) is 5.92 Å². The fourth-order valence-corrected chi connectivity index (χ4v) is 1.14. The van der Waals surface area contributed by atoms with Crippen LogP contribution >= 0.6 is 0 Å². The van der Waals surface area contributed by atoms with Crippen molar-refractivity contribution < 1.29 is 14.7 Å². The molecule has 0 saturated heterocycles. The van der Waals surface area contributed by atoms with Crippen LogP contribution in [0.25, 0.3) is 0 Å². The first-order chi connectivity index (χ1) is 6.43. The normalized spacial score (nSPS) is 10.6. The van der Waals surface area contributed by atoms with Gasteiger partial charge in [0.1, 0.15) is 0 Å². The standard InChI is InChI=1S/C9H12N2O3/c1-5(2)8(12)6-4-11(3)10-7(6)9(13)14/h4-5H,1-3H3,(H,13,14). The van der Waals surface area contributed by atoms with Crippen molar-refractivity contribution in [2.45, 2.75) is 13.8 Å². The summed E-state index contributed by atoms with van der Waals surface area (Å²) in [7, 11) is 1.59. The number of ketones is 1. The summed E-state index contributed by atoms with van der Waals surface area (Å²) in [6.45, 7) is 3.45. The highest BCUT2D eigenvalue weighted by molar-refractivity contribution is 6.05. The number of Topliss-reactive ketones (excluding diaryl/α,β-unsaturated/α-hetero) is 1. The largest absolute Gasteiger partial charge is 0.476 e. The van der Waals surface area contributed by atoms with Crippen LogP contribution in [0.4, 0.5) is 0 Å². The lowest BCUT2D eigenvalue weighted by Gasteiger charge is -2.00. The Kier molecular flexibility index (Phi) is 2.69. The number of carboxylic acid groups (broad SMARTS) is 1. The van der Waals surface area contributed by atoms with Gasteiger partial charge in [-0.1, -0.05) is 13.8 Å². The summed E-state index contributed by atoms with van der Waals surface area (Å²) in [4.78, 5) is 22.3. The lowest BCUT2D eigenvalue weighted by atomic mass is 10.0. The van der Waals surface area contributed by atoms with Gasteiger partial charge in [0, 0.05) is 19.2 Å². The molecular weight excluding hydrogens is 184 g/mol. The van der Waals surface area contributed by atoms with E-state index in [1.165, 1.54) is 10.9 Å². The van der Waals surface area contributed by atoms with E-state index in [1.54, 1.807) is 20.9 Å². The van der Waals surface area contributed by atoms with Crippen LogP contribution in [0.5, 0.6) is 0 Å². The number of aromatic carboxylic acids is 1. The molecule has 0 spiro atoms. The Morgan fingerprint density at radius 2 is 2.07 bits per heavy atom. The van der Waals surface area contributed by atoms with Gasteiger partial charge >= 0.3 is 5.97 Å². The SMILES string of the molecule is CC(C)C(=O)c1cn(C)nc1C(=O)O. The van der Waals surface area contributed by atoms with E-state index in [-0.39, 0.29) is 23.0 Å². The van der Waals surface area contributed by atoms with Crippen molar-refractivity contribution >= 4 is 11.8 Å². The third-order valence-corrected chi connectivity index (χ3v) is 1.82. The maximum absolute atomic E-state index is 11.6. The topological polar surface area (TPSA) is 72.2 Å². The molecule has 1 aromatic rings. The van der Waals surface area contributed by atoms with Crippen molar-refractivity contribution in [3.05, 3.63) is 17.5 Å². The van der Waals surface area contributed by atoms with Gasteiger partial charge in [0.2, 0.25) is 0 Å². The maximum atomic E-state index is 11.6. The molecule has 0 saturated carbocycles. The lowest BCUT2D eigenvalue weighted by Crippen LogP contribution is -2.11. The first kappa shape index (κ1) is 10.4. The van der Waals surface area contributed by atoms with Gasteiger partial charge in [-0.15, -0.1) is 0 Å². The third kappa shape index (κ3) is 1.81. The molecule has 0 atom stereocenters. The highest BCUT2D eigenvalue weighted by atomic mass is 16.4. The smallest absolute Gasteiger partial charge is 0.357 e. The average Bonchev–Trinajstić information content (AvgIpc) is 2.45. The summed E-state index contributed by atoms with van der Waals surface area (Å²) < 4.78 is 1.33. The summed E-state index contributed by atoms with van der Waals surface area (Å²) >= 11 is 0. The Bertz CT molecular complexity index is 379. The van der Waals surface area contributed by atoms with Gasteiger partial charge in [-0.05, 0) is 0 Å². The molecule has 0 fully saturated rings. The molecule has 76 valence electrons. The zero-order valence-corrected chi connectivity index (χ0v) is 8.31. The fourth-order valence-electron chi connectivity index (χ4n) is 1.14. The predicted octanol–water partition coefficient (Wildman–Crippen LogP) is 0.957. The van der Waals surface area contributed by atoms with Crippen molar-refractivity contribution in [3.63, 3.8) is 0 Å². The number of carbonyl (C=O) groups excluding carboxylic acids is 1. The molecule has 0 bridgehead atoms. The first-order valence-corrected chi connectivity index (χ1v) is 4.24. The van der Waals surface area contributed by atoms with E-state index in [9.17, 15) is 9.59 Å². The van der Waals surface area contributed by atoms with Gasteiger partial charge in [0.15, 0.2) is 11.5 Å². The molecule has 5 nitrogen and oxygen atoms in total. The van der Waals surface area contributed by atoms with Crippen LogP contribution in [0.1, 0.15) is 34.7 Å². The van der Waals surface area contributed by atoms with E-state index >= 15 is 0 Å². The Morgan fingerprint density at radius 1 is 1.50 bits per heavy atom. The van der Waals surface area contributed by atoms with E-state index < -0.39 is 5.97 Å². The zero-order chi connectivity index (χ0) is 10.9. The van der Waals surface area contributed by atoms with Crippen LogP contribution in [0.2, 0.25) is 0 Å². The summed E-state index contributed by atoms with van der Waals surface area (Å²) in [5.41, 5.74) is 0.00111. The van der Waals surface area contributed by atoms with Gasteiger partial charge < -0.3 is 5.11 Å². The molecule has 0 radical (unpaired) electrons. The summed E-state index contributed by atoms with van der Waals surface area (Å²) in [6.07, 6.45) is 1.44. The first-order valence-electron chi connectivity index (χ1n) is 4.24.